The van der Waals surface area contributed by atoms with Gasteiger partial charge in [0, 0.05) is 0 Å². The lowest BCUT2D eigenvalue weighted by molar-refractivity contribution is -0.158. The normalized spacial score (nSPS) is 39.4. The standard InChI is InChI=1S/C13H24O3/c1-5-13(15)8-7-11(9(3)10(13)4)12(14)16-6-2/h9-11,15H,5-8H2,1-4H3. The van der Waals surface area contributed by atoms with Gasteiger partial charge >= 0.3 is 5.97 Å². The van der Waals surface area contributed by atoms with Crippen molar-refractivity contribution < 1.29 is 14.6 Å². The molecular formula is C13H24O3. The second-order valence-corrected chi connectivity index (χ2v) is 5.00. The lowest BCUT2D eigenvalue weighted by atomic mass is 9.64. The first kappa shape index (κ1) is 13.5. The number of hydrogen-bond donors (Lipinski definition) is 1. The van der Waals surface area contributed by atoms with E-state index in [1.807, 2.05) is 27.7 Å². The molecule has 0 radical (unpaired) electrons. The number of carbonyl (C=O) groups is 1. The Morgan fingerprint density at radius 1 is 1.44 bits per heavy atom. The van der Waals surface area contributed by atoms with Crippen LogP contribution in [0.4, 0.5) is 0 Å². The monoisotopic (exact) mass is 228 g/mol. The van der Waals surface area contributed by atoms with Crippen molar-refractivity contribution in [3.05, 3.63) is 0 Å². The summed E-state index contributed by atoms with van der Waals surface area (Å²) in [6.45, 7) is 8.37. The number of carbonyl (C=O) groups excluding carboxylic acids is 1. The average Bonchev–Trinajstić information content (AvgIpc) is 2.26. The number of hydrogen-bond acceptors (Lipinski definition) is 3. The third-order valence-corrected chi connectivity index (χ3v) is 4.36. The molecule has 1 N–H and O–H groups in total. The van der Waals surface area contributed by atoms with Crippen LogP contribution in [0.25, 0.3) is 0 Å². The van der Waals surface area contributed by atoms with Crippen LogP contribution in [0.2, 0.25) is 0 Å². The maximum atomic E-state index is 11.7. The second kappa shape index (κ2) is 5.17. The molecule has 16 heavy (non-hydrogen) atoms. The van der Waals surface area contributed by atoms with E-state index in [2.05, 4.69) is 0 Å². The van der Waals surface area contributed by atoms with Crippen molar-refractivity contribution >= 4 is 5.97 Å². The molecule has 1 aliphatic carbocycles. The molecule has 4 unspecified atom stereocenters. The van der Waals surface area contributed by atoms with E-state index in [1.165, 1.54) is 0 Å². The molecule has 0 saturated heterocycles. The zero-order valence-corrected chi connectivity index (χ0v) is 10.8. The van der Waals surface area contributed by atoms with Crippen molar-refractivity contribution in [2.24, 2.45) is 17.8 Å². The van der Waals surface area contributed by atoms with E-state index in [0.29, 0.717) is 13.0 Å². The Hall–Kier alpha value is -0.570. The highest BCUT2D eigenvalue weighted by Crippen LogP contribution is 2.43. The van der Waals surface area contributed by atoms with Gasteiger partial charge in [0.2, 0.25) is 0 Å². The Labute approximate surface area is 98.2 Å². The van der Waals surface area contributed by atoms with Crippen LogP contribution in [0.3, 0.4) is 0 Å². The Morgan fingerprint density at radius 3 is 2.56 bits per heavy atom. The fourth-order valence-electron chi connectivity index (χ4n) is 2.81. The lowest BCUT2D eigenvalue weighted by Crippen LogP contribution is -2.47. The summed E-state index contributed by atoms with van der Waals surface area (Å²) in [6.07, 6.45) is 2.21. The molecule has 0 heterocycles. The lowest BCUT2D eigenvalue weighted by Gasteiger charge is -2.44. The minimum Gasteiger partial charge on any atom is -0.466 e. The molecule has 3 nitrogen and oxygen atoms in total. The molecule has 0 aromatic rings. The molecule has 0 aliphatic heterocycles. The van der Waals surface area contributed by atoms with E-state index in [4.69, 9.17) is 4.74 Å². The summed E-state index contributed by atoms with van der Waals surface area (Å²) in [4.78, 5) is 11.7. The summed E-state index contributed by atoms with van der Waals surface area (Å²) in [5.74, 6) is 0.209. The minimum atomic E-state index is -0.595. The van der Waals surface area contributed by atoms with Gasteiger partial charge < -0.3 is 9.84 Å². The summed E-state index contributed by atoms with van der Waals surface area (Å²) in [5, 5.41) is 10.4. The van der Waals surface area contributed by atoms with Crippen LogP contribution in [0, 0.1) is 17.8 Å². The molecule has 3 heteroatoms. The summed E-state index contributed by atoms with van der Waals surface area (Å²) in [6, 6.07) is 0. The van der Waals surface area contributed by atoms with Crippen LogP contribution in [0.1, 0.15) is 47.0 Å². The first-order valence-corrected chi connectivity index (χ1v) is 6.35. The minimum absolute atomic E-state index is 0.0400. The van der Waals surface area contributed by atoms with Gasteiger partial charge in [-0.05, 0) is 38.0 Å². The Morgan fingerprint density at radius 2 is 2.06 bits per heavy atom. The van der Waals surface area contributed by atoms with Gasteiger partial charge in [0.05, 0.1) is 18.1 Å². The van der Waals surface area contributed by atoms with Crippen LogP contribution in [0.5, 0.6) is 0 Å². The maximum Gasteiger partial charge on any atom is 0.309 e. The van der Waals surface area contributed by atoms with Crippen LogP contribution in [0.15, 0.2) is 0 Å². The van der Waals surface area contributed by atoms with Gasteiger partial charge in [0.15, 0.2) is 0 Å². The average molecular weight is 228 g/mol. The van der Waals surface area contributed by atoms with E-state index >= 15 is 0 Å². The number of esters is 1. The Bertz CT molecular complexity index is 252. The molecule has 1 saturated carbocycles. The maximum absolute atomic E-state index is 11.7. The molecule has 0 aromatic carbocycles. The molecule has 0 amide bonds. The SMILES string of the molecule is CCOC(=O)C1CCC(O)(CC)C(C)C1C. The van der Waals surface area contributed by atoms with Crippen molar-refractivity contribution in [3.8, 4) is 0 Å². The van der Waals surface area contributed by atoms with Gasteiger partial charge in [0.1, 0.15) is 0 Å². The predicted molar refractivity (Wildman–Crippen MR) is 62.9 cm³/mol. The zero-order chi connectivity index (χ0) is 12.3. The molecule has 0 bridgehead atoms. The molecule has 0 aromatic heterocycles. The molecule has 1 fully saturated rings. The third-order valence-electron chi connectivity index (χ3n) is 4.36. The van der Waals surface area contributed by atoms with Crippen LogP contribution in [-0.2, 0) is 9.53 Å². The molecule has 1 rings (SSSR count). The topological polar surface area (TPSA) is 46.5 Å². The first-order valence-electron chi connectivity index (χ1n) is 6.35. The van der Waals surface area contributed by atoms with E-state index in [1.54, 1.807) is 0 Å². The van der Waals surface area contributed by atoms with Crippen LogP contribution < -0.4 is 0 Å². The molecular weight excluding hydrogens is 204 g/mol. The quantitative estimate of drug-likeness (QED) is 0.754. The summed E-state index contributed by atoms with van der Waals surface area (Å²) in [7, 11) is 0. The molecule has 0 spiro atoms. The highest BCUT2D eigenvalue weighted by molar-refractivity contribution is 5.73. The van der Waals surface area contributed by atoms with E-state index < -0.39 is 5.60 Å². The number of rotatable bonds is 3. The van der Waals surface area contributed by atoms with Gasteiger partial charge in [-0.3, -0.25) is 4.79 Å². The second-order valence-electron chi connectivity index (χ2n) is 5.00. The van der Waals surface area contributed by atoms with Crippen LogP contribution in [-0.4, -0.2) is 23.3 Å². The fourth-order valence-corrected chi connectivity index (χ4v) is 2.81. The van der Waals surface area contributed by atoms with Gasteiger partial charge in [-0.2, -0.15) is 0 Å². The molecule has 4 atom stereocenters. The number of ether oxygens (including phenoxy) is 1. The van der Waals surface area contributed by atoms with Crippen molar-refractivity contribution in [1.82, 2.24) is 0 Å². The van der Waals surface area contributed by atoms with E-state index in [0.717, 1.165) is 12.8 Å². The Kier molecular flexibility index (Phi) is 4.36. The van der Waals surface area contributed by atoms with Gasteiger partial charge in [0.25, 0.3) is 0 Å². The summed E-state index contributed by atoms with van der Waals surface area (Å²) in [5.41, 5.74) is -0.595. The van der Waals surface area contributed by atoms with E-state index in [-0.39, 0.29) is 23.7 Å². The largest absolute Gasteiger partial charge is 0.466 e. The Balaban J connectivity index is 2.72. The smallest absolute Gasteiger partial charge is 0.309 e. The van der Waals surface area contributed by atoms with Crippen molar-refractivity contribution in [2.45, 2.75) is 52.6 Å². The predicted octanol–water partition coefficient (Wildman–Crippen LogP) is 2.37. The van der Waals surface area contributed by atoms with Crippen molar-refractivity contribution in [2.75, 3.05) is 6.61 Å². The first-order chi connectivity index (χ1) is 7.46. The van der Waals surface area contributed by atoms with Gasteiger partial charge in [-0.1, -0.05) is 20.8 Å². The van der Waals surface area contributed by atoms with E-state index in [9.17, 15) is 9.90 Å². The fraction of sp³-hybridized carbons (Fsp3) is 0.923. The summed E-state index contributed by atoms with van der Waals surface area (Å²) < 4.78 is 5.08. The zero-order valence-electron chi connectivity index (χ0n) is 10.8. The molecule has 94 valence electrons. The number of aliphatic hydroxyl groups is 1. The van der Waals surface area contributed by atoms with Gasteiger partial charge in [-0.25, -0.2) is 0 Å². The summed E-state index contributed by atoms with van der Waals surface area (Å²) >= 11 is 0. The van der Waals surface area contributed by atoms with Crippen molar-refractivity contribution in [3.63, 3.8) is 0 Å². The highest BCUT2D eigenvalue weighted by Gasteiger charge is 2.45. The third kappa shape index (κ3) is 2.40. The van der Waals surface area contributed by atoms with Crippen molar-refractivity contribution in [1.29, 1.82) is 0 Å². The van der Waals surface area contributed by atoms with Crippen LogP contribution >= 0.6 is 0 Å². The molecule has 1 aliphatic rings. The highest BCUT2D eigenvalue weighted by atomic mass is 16.5. The van der Waals surface area contributed by atoms with Gasteiger partial charge in [-0.15, -0.1) is 0 Å².